The van der Waals surface area contributed by atoms with Crippen LogP contribution in [0.3, 0.4) is 0 Å². The Balaban J connectivity index is 2.59. The van der Waals surface area contributed by atoms with Gasteiger partial charge in [-0.1, -0.05) is 0 Å². The monoisotopic (exact) mass is 289 g/mol. The van der Waals surface area contributed by atoms with Crippen molar-refractivity contribution in [2.24, 2.45) is 10.7 Å². The lowest BCUT2D eigenvalue weighted by molar-refractivity contribution is -0.385. The molecule has 0 bridgehead atoms. The molecule has 108 valence electrons. The Morgan fingerprint density at radius 3 is 2.90 bits per heavy atom. The van der Waals surface area contributed by atoms with Gasteiger partial charge < -0.3 is 10.5 Å². The second-order valence-corrected chi connectivity index (χ2v) is 4.19. The highest BCUT2D eigenvalue weighted by Gasteiger charge is 2.49. The number of rotatable bonds is 3. The number of nitro groups is 1. The van der Waals surface area contributed by atoms with Crippen molar-refractivity contribution < 1.29 is 22.8 Å². The summed E-state index contributed by atoms with van der Waals surface area (Å²) >= 11 is 0. The van der Waals surface area contributed by atoms with Crippen molar-refractivity contribution in [2.45, 2.75) is 11.8 Å². The molecule has 1 aromatic rings. The minimum absolute atomic E-state index is 0.498. The van der Waals surface area contributed by atoms with Gasteiger partial charge >= 0.3 is 0 Å². The van der Waals surface area contributed by atoms with Gasteiger partial charge in [-0.15, -0.1) is 0 Å². The van der Waals surface area contributed by atoms with Gasteiger partial charge in [0.15, 0.2) is 6.17 Å². The maximum atomic E-state index is 14.0. The molecule has 0 aromatic heterocycles. The molecule has 6 nitrogen and oxygen atoms in total. The number of non-ortho nitro benzene ring substituents is 1. The summed E-state index contributed by atoms with van der Waals surface area (Å²) in [6.07, 6.45) is -2.02. The molecule has 9 heteroatoms. The Hall–Kier alpha value is -2.32. The first kappa shape index (κ1) is 14.1. The van der Waals surface area contributed by atoms with Crippen LogP contribution in [0.2, 0.25) is 0 Å². The summed E-state index contributed by atoms with van der Waals surface area (Å²) in [4.78, 5) is 13.3. The number of aliphatic imine (C=N–C) groups is 1. The highest BCUT2D eigenvalue weighted by atomic mass is 19.1. The van der Waals surface area contributed by atoms with Crippen LogP contribution in [0.4, 0.5) is 18.9 Å². The molecule has 0 fully saturated rings. The van der Waals surface area contributed by atoms with Crippen molar-refractivity contribution in [1.29, 1.82) is 0 Å². The zero-order chi connectivity index (χ0) is 14.9. The SMILES string of the molecule is NC1=NC[C@@H](F)[C@@](CF)(c2cc([N+](=O)[O-])ccc2F)O1. The molecule has 0 unspecified atom stereocenters. The zero-order valence-electron chi connectivity index (χ0n) is 10.1. The second-order valence-electron chi connectivity index (χ2n) is 4.19. The molecular weight excluding hydrogens is 279 g/mol. The van der Waals surface area contributed by atoms with Crippen LogP contribution in [0.15, 0.2) is 23.2 Å². The molecule has 0 saturated heterocycles. The number of nitrogens with two attached hydrogens (primary N) is 1. The summed E-state index contributed by atoms with van der Waals surface area (Å²) in [5.74, 6) is -1.02. The van der Waals surface area contributed by atoms with E-state index < -0.39 is 53.0 Å². The van der Waals surface area contributed by atoms with Gasteiger partial charge in [0, 0.05) is 17.7 Å². The number of alkyl halides is 2. The smallest absolute Gasteiger partial charge is 0.283 e. The lowest BCUT2D eigenvalue weighted by Gasteiger charge is -2.36. The van der Waals surface area contributed by atoms with E-state index in [1.807, 2.05) is 0 Å². The van der Waals surface area contributed by atoms with E-state index in [0.717, 1.165) is 18.2 Å². The summed E-state index contributed by atoms with van der Waals surface area (Å²) in [5.41, 5.74) is 1.81. The van der Waals surface area contributed by atoms with Crippen molar-refractivity contribution in [3.05, 3.63) is 39.7 Å². The predicted octanol–water partition coefficient (Wildman–Crippen LogP) is 1.58. The van der Waals surface area contributed by atoms with Crippen molar-refractivity contribution >= 4 is 11.7 Å². The van der Waals surface area contributed by atoms with E-state index in [1.54, 1.807) is 0 Å². The second kappa shape index (κ2) is 4.99. The van der Waals surface area contributed by atoms with Gasteiger partial charge in [-0.2, -0.15) is 0 Å². The van der Waals surface area contributed by atoms with Crippen molar-refractivity contribution in [1.82, 2.24) is 0 Å². The van der Waals surface area contributed by atoms with Gasteiger partial charge in [-0.05, 0) is 6.07 Å². The van der Waals surface area contributed by atoms with E-state index in [9.17, 15) is 23.3 Å². The average molecular weight is 289 g/mol. The Kier molecular flexibility index (Phi) is 3.51. The van der Waals surface area contributed by atoms with Crippen molar-refractivity contribution in [3.63, 3.8) is 0 Å². The Bertz CT molecular complexity index is 581. The first-order valence-corrected chi connectivity index (χ1v) is 5.54. The van der Waals surface area contributed by atoms with Crippen LogP contribution in [0.25, 0.3) is 0 Å². The third kappa shape index (κ3) is 2.15. The number of hydrogen-bond acceptors (Lipinski definition) is 5. The fourth-order valence-electron chi connectivity index (χ4n) is 1.96. The van der Waals surface area contributed by atoms with E-state index in [-0.39, 0.29) is 0 Å². The Labute approximate surface area is 111 Å². The molecule has 1 aromatic carbocycles. The summed E-state index contributed by atoms with van der Waals surface area (Å²) in [6.45, 7) is -1.96. The molecule has 0 radical (unpaired) electrons. The normalized spacial score (nSPS) is 25.8. The van der Waals surface area contributed by atoms with Gasteiger partial charge in [0.25, 0.3) is 11.7 Å². The molecule has 0 spiro atoms. The van der Waals surface area contributed by atoms with E-state index in [4.69, 9.17) is 10.5 Å². The molecule has 0 amide bonds. The first-order chi connectivity index (χ1) is 9.40. The molecule has 1 aliphatic rings. The van der Waals surface area contributed by atoms with Gasteiger partial charge in [0.1, 0.15) is 12.5 Å². The third-order valence-electron chi connectivity index (χ3n) is 3.02. The molecule has 2 rings (SSSR count). The Morgan fingerprint density at radius 1 is 1.60 bits per heavy atom. The zero-order valence-corrected chi connectivity index (χ0v) is 10.1. The molecular formula is C11H10F3N3O3. The van der Waals surface area contributed by atoms with Crippen LogP contribution in [-0.4, -0.2) is 30.3 Å². The molecule has 1 aliphatic heterocycles. The maximum absolute atomic E-state index is 14.0. The van der Waals surface area contributed by atoms with Crippen LogP contribution in [0.1, 0.15) is 5.56 Å². The van der Waals surface area contributed by atoms with Crippen molar-refractivity contribution in [3.8, 4) is 0 Å². The highest BCUT2D eigenvalue weighted by Crippen LogP contribution is 2.37. The summed E-state index contributed by atoms with van der Waals surface area (Å²) in [6, 6.07) is 1.88. The molecule has 1 heterocycles. The molecule has 0 aliphatic carbocycles. The van der Waals surface area contributed by atoms with Crippen LogP contribution >= 0.6 is 0 Å². The quantitative estimate of drug-likeness (QED) is 0.675. The number of hydrogen-bond donors (Lipinski definition) is 1. The number of amidine groups is 1. The lowest BCUT2D eigenvalue weighted by Crippen LogP contribution is -2.50. The van der Waals surface area contributed by atoms with Crippen LogP contribution in [-0.2, 0) is 10.3 Å². The standard InChI is InChI=1S/C11H10F3N3O3/c12-5-11(9(14)4-16-10(15)20-11)7-3-6(17(18)19)1-2-8(7)13/h1-3,9H,4-5H2,(H2,15,16)/t9-,11-/m1/s1. The highest BCUT2D eigenvalue weighted by molar-refractivity contribution is 5.73. The average Bonchev–Trinajstić information content (AvgIpc) is 2.42. The number of benzene rings is 1. The topological polar surface area (TPSA) is 90.8 Å². The van der Waals surface area contributed by atoms with Crippen LogP contribution in [0, 0.1) is 15.9 Å². The molecule has 20 heavy (non-hydrogen) atoms. The largest absolute Gasteiger partial charge is 0.448 e. The van der Waals surface area contributed by atoms with Crippen LogP contribution in [0.5, 0.6) is 0 Å². The minimum atomic E-state index is -2.36. The number of halogens is 3. The number of nitrogens with zero attached hydrogens (tertiary/aromatic N) is 2. The number of nitro benzene ring substituents is 1. The van der Waals surface area contributed by atoms with Crippen LogP contribution < -0.4 is 5.73 Å². The van der Waals surface area contributed by atoms with E-state index in [2.05, 4.69) is 4.99 Å². The lowest BCUT2D eigenvalue weighted by atomic mass is 9.88. The molecule has 2 N–H and O–H groups in total. The van der Waals surface area contributed by atoms with Crippen molar-refractivity contribution in [2.75, 3.05) is 13.2 Å². The van der Waals surface area contributed by atoms with E-state index in [0.29, 0.717) is 0 Å². The summed E-state index contributed by atoms with van der Waals surface area (Å²) < 4.78 is 46.0. The third-order valence-corrected chi connectivity index (χ3v) is 3.02. The van der Waals surface area contributed by atoms with E-state index >= 15 is 0 Å². The first-order valence-electron chi connectivity index (χ1n) is 5.54. The fourth-order valence-corrected chi connectivity index (χ4v) is 1.96. The predicted molar refractivity (Wildman–Crippen MR) is 63.2 cm³/mol. The van der Waals surface area contributed by atoms with Gasteiger partial charge in [0.2, 0.25) is 5.60 Å². The van der Waals surface area contributed by atoms with Gasteiger partial charge in [-0.3, -0.25) is 10.1 Å². The number of ether oxygens (including phenoxy) is 1. The van der Waals surface area contributed by atoms with E-state index in [1.165, 1.54) is 0 Å². The Morgan fingerprint density at radius 2 is 2.30 bits per heavy atom. The summed E-state index contributed by atoms with van der Waals surface area (Å²) in [5, 5.41) is 10.7. The van der Waals surface area contributed by atoms with Gasteiger partial charge in [0.05, 0.1) is 11.5 Å². The fraction of sp³-hybridized carbons (Fsp3) is 0.364. The summed E-state index contributed by atoms with van der Waals surface area (Å²) in [7, 11) is 0. The molecule has 2 atom stereocenters. The minimum Gasteiger partial charge on any atom is -0.448 e. The maximum Gasteiger partial charge on any atom is 0.283 e. The van der Waals surface area contributed by atoms with Gasteiger partial charge in [-0.25, -0.2) is 18.2 Å². The molecule has 0 saturated carbocycles.